The van der Waals surface area contributed by atoms with E-state index < -0.39 is 11.7 Å². The Labute approximate surface area is 180 Å². The van der Waals surface area contributed by atoms with Gasteiger partial charge in [0.05, 0.1) is 12.1 Å². The van der Waals surface area contributed by atoms with E-state index in [9.17, 15) is 14.0 Å². The van der Waals surface area contributed by atoms with Crippen molar-refractivity contribution in [2.24, 2.45) is 0 Å². The first-order valence-electron chi connectivity index (χ1n) is 9.85. The Morgan fingerprint density at radius 3 is 2.27 bits per heavy atom. The van der Waals surface area contributed by atoms with E-state index in [4.69, 9.17) is 0 Å². The molecular formula is C24H25FN2O2S. The monoisotopic (exact) mass is 424 g/mol. The summed E-state index contributed by atoms with van der Waals surface area (Å²) in [5, 5.41) is 1.97. The van der Waals surface area contributed by atoms with E-state index in [0.717, 1.165) is 10.4 Å². The summed E-state index contributed by atoms with van der Waals surface area (Å²) in [6.45, 7) is 4.45. The van der Waals surface area contributed by atoms with Crippen LogP contribution in [0, 0.1) is 5.82 Å². The van der Waals surface area contributed by atoms with Gasteiger partial charge in [-0.2, -0.15) is 0 Å². The first kappa shape index (κ1) is 21.7. The lowest BCUT2D eigenvalue weighted by atomic mass is 10.1. The minimum absolute atomic E-state index is 0.0214. The van der Waals surface area contributed by atoms with Crippen LogP contribution in [0.5, 0.6) is 0 Å². The smallest absolute Gasteiger partial charge is 0.257 e. The second-order valence-electron chi connectivity index (χ2n) is 7.32. The number of thiophene rings is 1. The first-order valence-corrected chi connectivity index (χ1v) is 10.7. The maximum absolute atomic E-state index is 14.2. The van der Waals surface area contributed by atoms with Crippen LogP contribution in [0.1, 0.15) is 34.6 Å². The van der Waals surface area contributed by atoms with E-state index in [1.807, 2.05) is 61.7 Å². The molecule has 1 heterocycles. The predicted octanol–water partition coefficient (Wildman–Crippen LogP) is 4.97. The van der Waals surface area contributed by atoms with Gasteiger partial charge in [0, 0.05) is 17.5 Å². The molecule has 0 bridgehead atoms. The van der Waals surface area contributed by atoms with Crippen LogP contribution in [0.15, 0.2) is 72.1 Å². The predicted molar refractivity (Wildman–Crippen MR) is 118 cm³/mol. The summed E-state index contributed by atoms with van der Waals surface area (Å²) in [5.41, 5.74) is 0.991. The Morgan fingerprint density at radius 1 is 0.933 bits per heavy atom. The molecule has 0 radical (unpaired) electrons. The second kappa shape index (κ2) is 10.2. The quantitative estimate of drug-likeness (QED) is 0.512. The van der Waals surface area contributed by atoms with E-state index in [2.05, 4.69) is 0 Å². The summed E-state index contributed by atoms with van der Waals surface area (Å²) in [6, 6.07) is 19.3. The summed E-state index contributed by atoms with van der Waals surface area (Å²) in [6.07, 6.45) is 0. The fourth-order valence-corrected chi connectivity index (χ4v) is 3.87. The summed E-state index contributed by atoms with van der Waals surface area (Å²) >= 11 is 1.59. The van der Waals surface area contributed by atoms with Crippen molar-refractivity contribution in [1.29, 1.82) is 0 Å². The number of hydrogen-bond acceptors (Lipinski definition) is 3. The molecule has 2 aromatic carbocycles. The van der Waals surface area contributed by atoms with Crippen LogP contribution in [0.3, 0.4) is 0 Å². The summed E-state index contributed by atoms with van der Waals surface area (Å²) in [7, 11) is 0. The summed E-state index contributed by atoms with van der Waals surface area (Å²) in [4.78, 5) is 30.4. The SMILES string of the molecule is CC(C)N(CC(=O)N(Cc1ccccc1)Cc1cccs1)C(=O)c1ccccc1F. The van der Waals surface area contributed by atoms with Gasteiger partial charge >= 0.3 is 0 Å². The minimum atomic E-state index is -0.583. The van der Waals surface area contributed by atoms with Crippen LogP contribution >= 0.6 is 11.3 Å². The number of nitrogens with zero attached hydrogens (tertiary/aromatic N) is 2. The topological polar surface area (TPSA) is 40.6 Å². The summed E-state index contributed by atoms with van der Waals surface area (Å²) in [5.74, 6) is -1.24. The molecule has 0 saturated carbocycles. The van der Waals surface area contributed by atoms with Gasteiger partial charge in [-0.3, -0.25) is 9.59 Å². The lowest BCUT2D eigenvalue weighted by molar-refractivity contribution is -0.133. The fourth-order valence-electron chi connectivity index (χ4n) is 3.15. The number of halogens is 1. The molecule has 0 N–H and O–H groups in total. The van der Waals surface area contributed by atoms with E-state index >= 15 is 0 Å². The number of carbonyl (C=O) groups is 2. The van der Waals surface area contributed by atoms with Crippen molar-refractivity contribution in [3.63, 3.8) is 0 Å². The van der Waals surface area contributed by atoms with E-state index in [-0.39, 0.29) is 24.1 Å². The minimum Gasteiger partial charge on any atom is -0.332 e. The highest BCUT2D eigenvalue weighted by Gasteiger charge is 2.26. The Bertz CT molecular complexity index is 974. The zero-order valence-electron chi connectivity index (χ0n) is 17.1. The van der Waals surface area contributed by atoms with Crippen LogP contribution in [0.4, 0.5) is 4.39 Å². The zero-order valence-corrected chi connectivity index (χ0v) is 17.9. The third-order valence-electron chi connectivity index (χ3n) is 4.79. The number of amides is 2. The van der Waals surface area contributed by atoms with Crippen LogP contribution in [0.25, 0.3) is 0 Å². The highest BCUT2D eigenvalue weighted by atomic mass is 32.1. The van der Waals surface area contributed by atoms with E-state index in [0.29, 0.717) is 13.1 Å². The normalized spacial score (nSPS) is 10.8. The van der Waals surface area contributed by atoms with Gasteiger partial charge in [-0.05, 0) is 43.0 Å². The summed E-state index contributed by atoms with van der Waals surface area (Å²) < 4.78 is 14.2. The fraction of sp³-hybridized carbons (Fsp3) is 0.250. The van der Waals surface area contributed by atoms with Gasteiger partial charge in [-0.25, -0.2) is 4.39 Å². The number of hydrogen-bond donors (Lipinski definition) is 0. The number of carbonyl (C=O) groups excluding carboxylic acids is 2. The third-order valence-corrected chi connectivity index (χ3v) is 5.65. The highest BCUT2D eigenvalue weighted by molar-refractivity contribution is 7.09. The average molecular weight is 425 g/mol. The number of benzene rings is 2. The molecule has 0 aliphatic carbocycles. The van der Waals surface area contributed by atoms with Crippen molar-refractivity contribution in [3.05, 3.63) is 93.9 Å². The second-order valence-corrected chi connectivity index (χ2v) is 8.35. The molecule has 0 spiro atoms. The molecule has 4 nitrogen and oxygen atoms in total. The third kappa shape index (κ3) is 5.54. The van der Waals surface area contributed by atoms with Crippen LogP contribution < -0.4 is 0 Å². The zero-order chi connectivity index (χ0) is 21.5. The van der Waals surface area contributed by atoms with E-state index in [1.54, 1.807) is 28.4 Å². The van der Waals surface area contributed by atoms with Crippen molar-refractivity contribution in [1.82, 2.24) is 9.80 Å². The Hall–Kier alpha value is -2.99. The molecule has 0 unspecified atom stereocenters. The van der Waals surface area contributed by atoms with Gasteiger partial charge < -0.3 is 9.80 Å². The Balaban J connectivity index is 1.81. The molecule has 0 saturated heterocycles. The molecule has 3 aromatic rings. The largest absolute Gasteiger partial charge is 0.332 e. The molecule has 3 rings (SSSR count). The Morgan fingerprint density at radius 2 is 1.63 bits per heavy atom. The van der Waals surface area contributed by atoms with Gasteiger partial charge in [0.1, 0.15) is 12.4 Å². The molecule has 0 aliphatic rings. The van der Waals surface area contributed by atoms with Crippen molar-refractivity contribution in [2.75, 3.05) is 6.54 Å². The molecule has 0 atom stereocenters. The maximum Gasteiger partial charge on any atom is 0.257 e. The van der Waals surface area contributed by atoms with Gasteiger partial charge in [0.15, 0.2) is 0 Å². The molecule has 2 amide bonds. The molecule has 0 fully saturated rings. The Kier molecular flexibility index (Phi) is 7.36. The molecular weight excluding hydrogens is 399 g/mol. The van der Waals surface area contributed by atoms with Gasteiger partial charge in [-0.1, -0.05) is 48.5 Å². The van der Waals surface area contributed by atoms with Crippen LogP contribution in [-0.2, 0) is 17.9 Å². The lowest BCUT2D eigenvalue weighted by Gasteiger charge is -2.30. The standard InChI is InChI=1S/C24H25FN2O2S/c1-18(2)27(24(29)21-12-6-7-13-22(21)25)17-23(28)26(16-20-11-8-14-30-20)15-19-9-4-3-5-10-19/h3-14,18H,15-17H2,1-2H3. The van der Waals surface area contributed by atoms with Gasteiger partial charge in [0.25, 0.3) is 5.91 Å². The molecule has 30 heavy (non-hydrogen) atoms. The lowest BCUT2D eigenvalue weighted by Crippen LogP contribution is -2.45. The van der Waals surface area contributed by atoms with Crippen molar-refractivity contribution in [3.8, 4) is 0 Å². The van der Waals surface area contributed by atoms with Gasteiger partial charge in [0.2, 0.25) is 5.91 Å². The number of rotatable bonds is 8. The van der Waals surface area contributed by atoms with Crippen molar-refractivity contribution < 1.29 is 14.0 Å². The molecule has 1 aromatic heterocycles. The van der Waals surface area contributed by atoms with E-state index in [1.165, 1.54) is 17.0 Å². The van der Waals surface area contributed by atoms with Crippen LogP contribution in [-0.4, -0.2) is 34.2 Å². The average Bonchev–Trinajstić information content (AvgIpc) is 3.25. The molecule has 0 aliphatic heterocycles. The van der Waals surface area contributed by atoms with Crippen molar-refractivity contribution >= 4 is 23.2 Å². The molecule has 156 valence electrons. The first-order chi connectivity index (χ1) is 14.5. The molecule has 6 heteroatoms. The highest BCUT2D eigenvalue weighted by Crippen LogP contribution is 2.17. The van der Waals surface area contributed by atoms with Crippen LogP contribution in [0.2, 0.25) is 0 Å². The van der Waals surface area contributed by atoms with Crippen molar-refractivity contribution in [2.45, 2.75) is 33.0 Å². The maximum atomic E-state index is 14.2. The van der Waals surface area contributed by atoms with Gasteiger partial charge in [-0.15, -0.1) is 11.3 Å².